The average molecular weight is 447 g/mol. The molecule has 0 N–H and O–H groups in total. The van der Waals surface area contributed by atoms with Crippen LogP contribution in [0.1, 0.15) is 15.9 Å². The number of benzene rings is 2. The molecular weight excluding hydrogens is 428 g/mol. The van der Waals surface area contributed by atoms with E-state index in [0.717, 1.165) is 5.56 Å². The highest BCUT2D eigenvalue weighted by Gasteiger charge is 2.24. The van der Waals surface area contributed by atoms with Gasteiger partial charge in [0.1, 0.15) is 0 Å². The maximum atomic E-state index is 13.2. The summed E-state index contributed by atoms with van der Waals surface area (Å²) in [5, 5.41) is 0.571. The lowest BCUT2D eigenvalue weighted by molar-refractivity contribution is 0.104. The zero-order valence-corrected chi connectivity index (χ0v) is 17.6. The second-order valence-electron chi connectivity index (χ2n) is 6.43. The Labute approximate surface area is 167 Å². The topological polar surface area (TPSA) is 59.4 Å². The van der Waals surface area contributed by atoms with Gasteiger partial charge in [-0.15, -0.1) is 0 Å². The highest BCUT2D eigenvalue weighted by molar-refractivity contribution is 9.10. The molecule has 7 heteroatoms. The van der Waals surface area contributed by atoms with Gasteiger partial charge in [-0.25, -0.2) is 12.4 Å². The third kappa shape index (κ3) is 3.70. The highest BCUT2D eigenvalue weighted by Crippen LogP contribution is 2.32. The van der Waals surface area contributed by atoms with Gasteiger partial charge >= 0.3 is 0 Å². The molecule has 3 aromatic rings. The van der Waals surface area contributed by atoms with Crippen LogP contribution in [0.15, 0.2) is 70.3 Å². The van der Waals surface area contributed by atoms with E-state index in [0.29, 0.717) is 20.9 Å². The molecule has 0 aliphatic carbocycles. The lowest BCUT2D eigenvalue weighted by atomic mass is 10.1. The van der Waals surface area contributed by atoms with Crippen LogP contribution in [0.5, 0.6) is 0 Å². The summed E-state index contributed by atoms with van der Waals surface area (Å²) in [6, 6.07) is 11.9. The molecule has 0 spiro atoms. The van der Waals surface area contributed by atoms with Crippen LogP contribution < -0.4 is 0 Å². The number of hydrogen-bond acceptors (Lipinski definition) is 4. The summed E-state index contributed by atoms with van der Waals surface area (Å²) in [6.45, 7) is 1.90. The zero-order valence-electron chi connectivity index (χ0n) is 15.2. The predicted molar refractivity (Wildman–Crippen MR) is 111 cm³/mol. The smallest absolute Gasteiger partial charge is 0.268 e. The van der Waals surface area contributed by atoms with Crippen molar-refractivity contribution in [3.05, 3.63) is 76.5 Å². The van der Waals surface area contributed by atoms with Crippen LogP contribution in [0, 0.1) is 6.92 Å². The van der Waals surface area contributed by atoms with Gasteiger partial charge in [0.05, 0.1) is 10.4 Å². The molecule has 0 aliphatic heterocycles. The molecule has 0 atom stereocenters. The van der Waals surface area contributed by atoms with E-state index in [9.17, 15) is 13.2 Å². The molecule has 0 unspecified atom stereocenters. The number of hydrogen-bond donors (Lipinski definition) is 0. The van der Waals surface area contributed by atoms with Crippen LogP contribution in [0.4, 0.5) is 0 Å². The number of ketones is 1. The minimum Gasteiger partial charge on any atom is -0.383 e. The fraction of sp³-hybridized carbons (Fsp3) is 0.150. The summed E-state index contributed by atoms with van der Waals surface area (Å²) in [5.74, 6) is -0.265. The van der Waals surface area contributed by atoms with Crippen molar-refractivity contribution < 1.29 is 13.2 Å². The van der Waals surface area contributed by atoms with E-state index in [1.54, 1.807) is 53.6 Å². The SMILES string of the molecule is Cc1ccc(S(=O)(=O)n2cc(C(=O)/C=C/N(C)C)c3c(Br)cccc32)cc1. The molecule has 1 heterocycles. The van der Waals surface area contributed by atoms with Gasteiger partial charge in [0.15, 0.2) is 5.78 Å². The van der Waals surface area contributed by atoms with E-state index in [-0.39, 0.29) is 10.7 Å². The largest absolute Gasteiger partial charge is 0.383 e. The maximum absolute atomic E-state index is 13.2. The van der Waals surface area contributed by atoms with E-state index in [1.807, 2.05) is 21.0 Å². The molecule has 27 heavy (non-hydrogen) atoms. The maximum Gasteiger partial charge on any atom is 0.268 e. The first kappa shape index (κ1) is 19.4. The fourth-order valence-corrected chi connectivity index (χ4v) is 4.66. The number of carbonyl (C=O) groups is 1. The second kappa shape index (κ2) is 7.32. The normalized spacial score (nSPS) is 12.0. The quantitative estimate of drug-likeness (QED) is 0.435. The number of aromatic nitrogens is 1. The molecule has 0 saturated heterocycles. The number of nitrogens with zero attached hydrogens (tertiary/aromatic N) is 2. The minimum atomic E-state index is -3.83. The van der Waals surface area contributed by atoms with E-state index in [2.05, 4.69) is 15.9 Å². The number of fused-ring (bicyclic) bond motifs is 1. The number of halogens is 1. The minimum absolute atomic E-state index is 0.174. The third-order valence-electron chi connectivity index (χ3n) is 4.11. The number of aryl methyl sites for hydroxylation is 1. The molecule has 0 saturated carbocycles. The van der Waals surface area contributed by atoms with E-state index in [4.69, 9.17) is 0 Å². The van der Waals surface area contributed by atoms with E-state index in [1.165, 1.54) is 16.2 Å². The summed E-state index contributed by atoms with van der Waals surface area (Å²) < 4.78 is 28.2. The van der Waals surface area contributed by atoms with E-state index >= 15 is 0 Å². The molecule has 5 nitrogen and oxygen atoms in total. The van der Waals surface area contributed by atoms with Gasteiger partial charge in [0.25, 0.3) is 10.0 Å². The van der Waals surface area contributed by atoms with Crippen molar-refractivity contribution in [1.82, 2.24) is 8.87 Å². The molecular formula is C20H19BrN2O3S. The molecule has 140 valence electrons. The predicted octanol–water partition coefficient (Wildman–Crippen LogP) is 4.21. The summed E-state index contributed by atoms with van der Waals surface area (Å²) in [7, 11) is -0.213. The Kier molecular flexibility index (Phi) is 5.26. The summed E-state index contributed by atoms with van der Waals surface area (Å²) >= 11 is 3.45. The van der Waals surface area contributed by atoms with Crippen molar-refractivity contribution in [2.45, 2.75) is 11.8 Å². The van der Waals surface area contributed by atoms with Crippen molar-refractivity contribution in [1.29, 1.82) is 0 Å². The van der Waals surface area contributed by atoms with Crippen LogP contribution >= 0.6 is 15.9 Å². The third-order valence-corrected chi connectivity index (χ3v) is 6.46. The summed E-state index contributed by atoms with van der Waals surface area (Å²) in [6.07, 6.45) is 4.46. The van der Waals surface area contributed by atoms with Crippen molar-refractivity contribution in [2.75, 3.05) is 14.1 Å². The molecule has 0 radical (unpaired) electrons. The van der Waals surface area contributed by atoms with Crippen LogP contribution in [-0.4, -0.2) is 37.2 Å². The van der Waals surface area contributed by atoms with Gasteiger partial charge < -0.3 is 4.90 Å². The van der Waals surface area contributed by atoms with Crippen molar-refractivity contribution in [3.63, 3.8) is 0 Å². The number of carbonyl (C=O) groups excluding carboxylic acids is 1. The standard InChI is InChI=1S/C20H19BrN2O3S/c1-14-7-9-15(10-8-14)27(25,26)23-13-16(19(24)11-12-22(2)3)20-17(21)5-4-6-18(20)23/h4-13H,1-3H3/b12-11+. The van der Waals surface area contributed by atoms with Gasteiger partial charge in [-0.2, -0.15) is 0 Å². The monoisotopic (exact) mass is 446 g/mol. The molecule has 1 aromatic heterocycles. The van der Waals surface area contributed by atoms with Crippen LogP contribution in [0.2, 0.25) is 0 Å². The van der Waals surface area contributed by atoms with Crippen molar-refractivity contribution in [2.24, 2.45) is 0 Å². The average Bonchev–Trinajstić information content (AvgIpc) is 3.02. The first-order chi connectivity index (χ1) is 12.7. The van der Waals surface area contributed by atoms with E-state index < -0.39 is 10.0 Å². The molecule has 0 aliphatic rings. The molecule has 0 amide bonds. The lowest BCUT2D eigenvalue weighted by Gasteiger charge is -2.08. The zero-order chi connectivity index (χ0) is 19.8. The molecule has 2 aromatic carbocycles. The van der Waals surface area contributed by atoms with Crippen LogP contribution in [0.3, 0.4) is 0 Å². The summed E-state index contributed by atoms with van der Waals surface area (Å²) in [5.41, 5.74) is 1.75. The fourth-order valence-electron chi connectivity index (χ4n) is 2.73. The van der Waals surface area contributed by atoms with Crippen LogP contribution in [-0.2, 0) is 10.0 Å². The summed E-state index contributed by atoms with van der Waals surface area (Å²) in [4.78, 5) is 14.6. The van der Waals surface area contributed by atoms with Gasteiger partial charge in [-0.3, -0.25) is 4.79 Å². The number of rotatable bonds is 5. The first-order valence-electron chi connectivity index (χ1n) is 8.22. The Morgan fingerprint density at radius 1 is 1.11 bits per heavy atom. The number of allylic oxidation sites excluding steroid dienone is 1. The Morgan fingerprint density at radius 2 is 1.78 bits per heavy atom. The van der Waals surface area contributed by atoms with Crippen molar-refractivity contribution in [3.8, 4) is 0 Å². The Bertz CT molecular complexity index is 1140. The van der Waals surface area contributed by atoms with Crippen molar-refractivity contribution >= 4 is 42.6 Å². The Hall–Kier alpha value is -2.38. The lowest BCUT2D eigenvalue weighted by Crippen LogP contribution is -2.12. The molecule has 0 fully saturated rings. The Morgan fingerprint density at radius 3 is 2.41 bits per heavy atom. The van der Waals surface area contributed by atoms with Crippen LogP contribution in [0.25, 0.3) is 10.9 Å². The highest BCUT2D eigenvalue weighted by atomic mass is 79.9. The molecule has 0 bridgehead atoms. The van der Waals surface area contributed by atoms with Gasteiger partial charge in [0, 0.05) is 48.0 Å². The molecule has 3 rings (SSSR count). The second-order valence-corrected chi connectivity index (χ2v) is 9.10. The first-order valence-corrected chi connectivity index (χ1v) is 10.5. The Balaban J connectivity index is 2.24. The van der Waals surface area contributed by atoms with Gasteiger partial charge in [0.2, 0.25) is 0 Å². The van der Waals surface area contributed by atoms with Gasteiger partial charge in [-0.05, 0) is 31.2 Å². The van der Waals surface area contributed by atoms with Gasteiger partial charge in [-0.1, -0.05) is 39.7 Å².